The van der Waals surface area contributed by atoms with Crippen molar-refractivity contribution in [3.63, 3.8) is 0 Å². The van der Waals surface area contributed by atoms with Crippen molar-refractivity contribution in [2.24, 2.45) is 0 Å². The molecular weight excluding hydrogens is 276 g/mol. The van der Waals surface area contributed by atoms with Gasteiger partial charge in [-0.25, -0.2) is 4.98 Å². The number of halogens is 1. The maximum atomic E-state index is 6.14. The summed E-state index contributed by atoms with van der Waals surface area (Å²) in [7, 11) is 0. The third-order valence-corrected chi connectivity index (χ3v) is 4.20. The molecule has 0 saturated heterocycles. The van der Waals surface area contributed by atoms with Crippen LogP contribution in [-0.2, 0) is 5.75 Å². The number of benzene rings is 1. The van der Waals surface area contributed by atoms with E-state index in [0.29, 0.717) is 0 Å². The zero-order valence-electron chi connectivity index (χ0n) is 10.9. The van der Waals surface area contributed by atoms with Crippen LogP contribution in [0.5, 0.6) is 0 Å². The summed E-state index contributed by atoms with van der Waals surface area (Å²) in [5.41, 5.74) is 1.25. The van der Waals surface area contributed by atoms with Crippen LogP contribution >= 0.6 is 23.4 Å². The smallest absolute Gasteiger partial charge is 0.126 e. The monoisotopic (exact) mass is 292 g/mol. The van der Waals surface area contributed by atoms with E-state index in [0.717, 1.165) is 34.5 Å². The molecule has 0 aliphatic rings. The van der Waals surface area contributed by atoms with Gasteiger partial charge in [-0.2, -0.15) is 0 Å². The van der Waals surface area contributed by atoms with Gasteiger partial charge in [0.15, 0.2) is 0 Å². The average Bonchev–Trinajstić information content (AvgIpc) is 2.45. The molecule has 0 aliphatic carbocycles. The molecule has 0 aliphatic heterocycles. The highest BCUT2D eigenvalue weighted by atomic mass is 35.5. The number of anilines is 1. The van der Waals surface area contributed by atoms with E-state index in [1.165, 1.54) is 5.56 Å². The third kappa shape index (κ3) is 4.44. The van der Waals surface area contributed by atoms with Gasteiger partial charge in [-0.15, -0.1) is 11.8 Å². The quantitative estimate of drug-likeness (QED) is 0.771. The minimum Gasteiger partial charge on any atom is -0.370 e. The molecule has 2 nitrogen and oxygen atoms in total. The Morgan fingerprint density at radius 3 is 2.89 bits per heavy atom. The van der Waals surface area contributed by atoms with Gasteiger partial charge in [-0.1, -0.05) is 30.7 Å². The van der Waals surface area contributed by atoms with Crippen LogP contribution in [0.3, 0.4) is 0 Å². The second-order valence-electron chi connectivity index (χ2n) is 4.20. The first-order valence-electron chi connectivity index (χ1n) is 6.35. The Hall–Kier alpha value is -1.19. The Bertz CT molecular complexity index is 531. The van der Waals surface area contributed by atoms with Crippen LogP contribution in [0.4, 0.5) is 5.82 Å². The lowest BCUT2D eigenvalue weighted by Crippen LogP contribution is -2.01. The van der Waals surface area contributed by atoms with Crippen molar-refractivity contribution < 1.29 is 0 Å². The zero-order valence-corrected chi connectivity index (χ0v) is 12.5. The van der Waals surface area contributed by atoms with Crippen LogP contribution in [0.2, 0.25) is 5.02 Å². The van der Waals surface area contributed by atoms with Crippen LogP contribution in [0.25, 0.3) is 0 Å². The molecule has 0 saturated carbocycles. The topological polar surface area (TPSA) is 24.9 Å². The van der Waals surface area contributed by atoms with E-state index in [1.54, 1.807) is 11.8 Å². The summed E-state index contributed by atoms with van der Waals surface area (Å²) in [5.74, 6) is 1.84. The standard InChI is InChI=1S/C15H17ClN2S/c1-2-8-17-15-10-12(7-9-18-15)11-19-14-6-4-3-5-13(14)16/h3-7,9-10H,2,8,11H2,1H3,(H,17,18). The van der Waals surface area contributed by atoms with Crippen LogP contribution in [0, 0.1) is 0 Å². The number of hydrogen-bond donors (Lipinski definition) is 1. The normalized spacial score (nSPS) is 10.4. The maximum absolute atomic E-state index is 6.14. The zero-order chi connectivity index (χ0) is 13.5. The number of nitrogens with zero attached hydrogens (tertiary/aromatic N) is 1. The molecule has 19 heavy (non-hydrogen) atoms. The lowest BCUT2D eigenvalue weighted by molar-refractivity contribution is 0.968. The number of thioether (sulfide) groups is 1. The van der Waals surface area contributed by atoms with E-state index in [9.17, 15) is 0 Å². The molecule has 2 aromatic rings. The minimum absolute atomic E-state index is 0.811. The van der Waals surface area contributed by atoms with Crippen molar-refractivity contribution in [2.45, 2.75) is 24.0 Å². The predicted octanol–water partition coefficient (Wildman–Crippen LogP) is 4.85. The molecule has 100 valence electrons. The number of pyridine rings is 1. The number of aromatic nitrogens is 1. The first kappa shape index (κ1) is 14.2. The van der Waals surface area contributed by atoms with Crippen molar-refractivity contribution >= 4 is 29.2 Å². The fourth-order valence-corrected chi connectivity index (χ4v) is 2.82. The van der Waals surface area contributed by atoms with Gasteiger partial charge in [0.05, 0.1) is 5.02 Å². The van der Waals surface area contributed by atoms with Crippen LogP contribution in [0.1, 0.15) is 18.9 Å². The molecule has 1 heterocycles. The van der Waals surface area contributed by atoms with Gasteiger partial charge in [0.2, 0.25) is 0 Å². The maximum Gasteiger partial charge on any atom is 0.126 e. The van der Waals surface area contributed by atoms with E-state index in [2.05, 4.69) is 23.3 Å². The van der Waals surface area contributed by atoms with Crippen molar-refractivity contribution in [1.82, 2.24) is 4.98 Å². The molecule has 0 amide bonds. The molecule has 0 atom stereocenters. The van der Waals surface area contributed by atoms with Crippen molar-refractivity contribution in [2.75, 3.05) is 11.9 Å². The SMILES string of the molecule is CCCNc1cc(CSc2ccccc2Cl)ccn1. The highest BCUT2D eigenvalue weighted by Crippen LogP contribution is 2.29. The average molecular weight is 293 g/mol. The largest absolute Gasteiger partial charge is 0.370 e. The Kier molecular flexibility index (Phi) is 5.55. The lowest BCUT2D eigenvalue weighted by Gasteiger charge is -2.07. The Morgan fingerprint density at radius 2 is 2.11 bits per heavy atom. The van der Waals surface area contributed by atoms with E-state index >= 15 is 0 Å². The van der Waals surface area contributed by atoms with E-state index in [-0.39, 0.29) is 0 Å². The molecule has 0 spiro atoms. The van der Waals surface area contributed by atoms with Gasteiger partial charge in [0.1, 0.15) is 5.82 Å². The van der Waals surface area contributed by atoms with Crippen molar-refractivity contribution in [1.29, 1.82) is 0 Å². The summed E-state index contributed by atoms with van der Waals surface area (Å²) < 4.78 is 0. The minimum atomic E-state index is 0.811. The van der Waals surface area contributed by atoms with Gasteiger partial charge >= 0.3 is 0 Å². The summed E-state index contributed by atoms with van der Waals surface area (Å²) in [6.45, 7) is 3.10. The first-order valence-corrected chi connectivity index (χ1v) is 7.72. The second-order valence-corrected chi connectivity index (χ2v) is 5.62. The van der Waals surface area contributed by atoms with Gasteiger partial charge in [-0.3, -0.25) is 0 Å². The Labute approximate surface area is 123 Å². The summed E-state index contributed by atoms with van der Waals surface area (Å²) in [4.78, 5) is 5.42. The number of nitrogens with one attached hydrogen (secondary N) is 1. The molecule has 1 aromatic carbocycles. The molecule has 0 radical (unpaired) electrons. The van der Waals surface area contributed by atoms with Crippen LogP contribution in [-0.4, -0.2) is 11.5 Å². The van der Waals surface area contributed by atoms with Gasteiger partial charge in [0.25, 0.3) is 0 Å². The molecule has 1 aromatic heterocycles. The number of hydrogen-bond acceptors (Lipinski definition) is 3. The second kappa shape index (κ2) is 7.41. The molecule has 4 heteroatoms. The molecule has 0 unspecified atom stereocenters. The van der Waals surface area contributed by atoms with E-state index in [1.807, 2.05) is 36.5 Å². The molecule has 0 fully saturated rings. The van der Waals surface area contributed by atoms with E-state index in [4.69, 9.17) is 11.6 Å². The number of rotatable bonds is 6. The van der Waals surface area contributed by atoms with Crippen molar-refractivity contribution in [3.05, 3.63) is 53.2 Å². The Balaban J connectivity index is 1.98. The fourth-order valence-electron chi connectivity index (χ4n) is 1.64. The highest BCUT2D eigenvalue weighted by Gasteiger charge is 2.02. The lowest BCUT2D eigenvalue weighted by atomic mass is 10.3. The summed E-state index contributed by atoms with van der Waals surface area (Å²) in [6.07, 6.45) is 2.95. The van der Waals surface area contributed by atoms with Gasteiger partial charge in [-0.05, 0) is 36.2 Å². The Morgan fingerprint density at radius 1 is 1.26 bits per heavy atom. The molecule has 2 rings (SSSR count). The van der Waals surface area contributed by atoms with Crippen molar-refractivity contribution in [3.8, 4) is 0 Å². The molecule has 0 bridgehead atoms. The fraction of sp³-hybridized carbons (Fsp3) is 0.267. The molecular formula is C15H17ClN2S. The molecule has 1 N–H and O–H groups in total. The van der Waals surface area contributed by atoms with Crippen LogP contribution in [0.15, 0.2) is 47.5 Å². The van der Waals surface area contributed by atoms with E-state index < -0.39 is 0 Å². The third-order valence-electron chi connectivity index (χ3n) is 2.61. The van der Waals surface area contributed by atoms with Gasteiger partial charge in [0, 0.05) is 23.4 Å². The highest BCUT2D eigenvalue weighted by molar-refractivity contribution is 7.98. The predicted molar refractivity (Wildman–Crippen MR) is 84.0 cm³/mol. The summed E-state index contributed by atoms with van der Waals surface area (Å²) in [6, 6.07) is 12.1. The van der Waals surface area contributed by atoms with Gasteiger partial charge < -0.3 is 5.32 Å². The summed E-state index contributed by atoms with van der Waals surface area (Å²) in [5, 5.41) is 4.11. The summed E-state index contributed by atoms with van der Waals surface area (Å²) >= 11 is 7.89. The first-order chi connectivity index (χ1) is 9.29. The van der Waals surface area contributed by atoms with Crippen LogP contribution < -0.4 is 5.32 Å².